The molecule has 0 amide bonds. The van der Waals surface area contributed by atoms with Gasteiger partial charge in [-0.3, -0.25) is 0 Å². The van der Waals surface area contributed by atoms with Gasteiger partial charge in [0.25, 0.3) is 0 Å². The summed E-state index contributed by atoms with van der Waals surface area (Å²) in [5, 5.41) is 0. The second-order valence-corrected chi connectivity index (χ2v) is 23.0. The summed E-state index contributed by atoms with van der Waals surface area (Å²) in [6, 6.07) is 12.8. The SMILES string of the molecule is CCCCCCCCCCOc1cc(CC)c(OCC[N+](C)(C)C)cc1C.CCCCCCOc1cc(CC)c(OCC[N+](C)(C)C)cc1C.CCc1cc(OCCn2cc[n+](C)c2)c(C)cc1OCCn1cc[n+](C)c1. The number of imidazole rings is 2. The molecule has 0 N–H and O–H groups in total. The van der Waals surface area contributed by atoms with Crippen LogP contribution in [0.4, 0.5) is 0 Å². The Morgan fingerprint density at radius 3 is 0.987 bits per heavy atom. The number of unbranched alkanes of at least 4 members (excludes halogenated alkanes) is 10. The molecule has 0 saturated heterocycles. The molecule has 0 radical (unpaired) electrons. The summed E-state index contributed by atoms with van der Waals surface area (Å²) < 4.78 is 46.4. The number of hydrogen-bond acceptors (Lipinski definition) is 6. The van der Waals surface area contributed by atoms with Crippen LogP contribution in [0.15, 0.2) is 73.8 Å². The largest absolute Gasteiger partial charge is 0.493 e. The number of rotatable bonds is 35. The lowest BCUT2D eigenvalue weighted by molar-refractivity contribution is -0.870. The van der Waals surface area contributed by atoms with Gasteiger partial charge in [-0.15, -0.1) is 0 Å². The highest BCUT2D eigenvalue weighted by Gasteiger charge is 2.15. The maximum absolute atomic E-state index is 6.08. The van der Waals surface area contributed by atoms with Crippen LogP contribution in [0.25, 0.3) is 0 Å². The summed E-state index contributed by atoms with van der Waals surface area (Å²) in [4.78, 5) is 0. The van der Waals surface area contributed by atoms with Crippen LogP contribution in [0, 0.1) is 20.8 Å². The lowest BCUT2D eigenvalue weighted by Crippen LogP contribution is -2.38. The van der Waals surface area contributed by atoms with E-state index in [-0.39, 0.29) is 0 Å². The highest BCUT2D eigenvalue weighted by atomic mass is 16.5. The number of ether oxygens (including phenoxy) is 6. The third-order valence-electron chi connectivity index (χ3n) is 13.6. The van der Waals surface area contributed by atoms with Crippen LogP contribution in [-0.4, -0.2) is 113 Å². The van der Waals surface area contributed by atoms with Gasteiger partial charge in [-0.1, -0.05) is 98.8 Å². The number of likely N-dealkylation sites (N-methyl/N-ethyl adjacent to an activating group) is 2. The van der Waals surface area contributed by atoms with E-state index in [9.17, 15) is 0 Å². The van der Waals surface area contributed by atoms with Gasteiger partial charge in [0.15, 0.2) is 0 Å². The molecule has 0 fully saturated rings. The van der Waals surface area contributed by atoms with Crippen LogP contribution in [-0.2, 0) is 46.4 Å². The smallest absolute Gasteiger partial charge is 0.243 e. The Bertz CT molecular complexity index is 2380. The van der Waals surface area contributed by atoms with E-state index in [1.165, 1.54) is 86.5 Å². The summed E-state index contributed by atoms with van der Waals surface area (Å²) in [5.41, 5.74) is 7.10. The minimum Gasteiger partial charge on any atom is -0.493 e. The molecule has 0 aliphatic rings. The number of aryl methyl sites for hydroxylation is 8. The Labute approximate surface area is 469 Å². The van der Waals surface area contributed by atoms with Gasteiger partial charge >= 0.3 is 0 Å². The highest BCUT2D eigenvalue weighted by Crippen LogP contribution is 2.32. The molecule has 12 heteroatoms. The number of nitrogens with zero attached hydrogens (tertiary/aromatic N) is 6. The van der Waals surface area contributed by atoms with E-state index in [0.717, 1.165) is 139 Å². The third kappa shape index (κ3) is 27.3. The molecule has 0 unspecified atom stereocenters. The van der Waals surface area contributed by atoms with Crippen molar-refractivity contribution in [3.63, 3.8) is 0 Å². The molecule has 0 aliphatic carbocycles. The predicted molar refractivity (Wildman–Crippen MR) is 318 cm³/mol. The second kappa shape index (κ2) is 36.1. The molecule has 12 nitrogen and oxygen atoms in total. The van der Waals surface area contributed by atoms with Crippen molar-refractivity contribution < 1.29 is 46.5 Å². The number of benzene rings is 3. The van der Waals surface area contributed by atoms with Gasteiger partial charge in [-0.05, 0) is 123 Å². The van der Waals surface area contributed by atoms with Crippen molar-refractivity contribution in [1.29, 1.82) is 0 Å². The molecule has 2 heterocycles. The molecule has 5 aromatic rings. The number of aromatic nitrogens is 4. The summed E-state index contributed by atoms with van der Waals surface area (Å²) in [7, 11) is 17.2. The predicted octanol–water partition coefficient (Wildman–Crippen LogP) is 12.7. The second-order valence-electron chi connectivity index (χ2n) is 23.0. The molecule has 0 atom stereocenters. The average Bonchev–Trinajstić information content (AvgIpc) is 4.00. The van der Waals surface area contributed by atoms with E-state index < -0.39 is 0 Å². The fourth-order valence-corrected chi connectivity index (χ4v) is 8.59. The van der Waals surface area contributed by atoms with Crippen LogP contribution < -0.4 is 37.6 Å². The van der Waals surface area contributed by atoms with Crippen LogP contribution in [0.1, 0.15) is 145 Å². The molecule has 5 rings (SSSR count). The van der Waals surface area contributed by atoms with Gasteiger partial charge in [0.1, 0.15) is 112 Å². The normalized spacial score (nSPS) is 11.4. The summed E-state index contributed by atoms with van der Waals surface area (Å²) in [6.07, 6.45) is 30.7. The zero-order chi connectivity index (χ0) is 56.6. The topological polar surface area (TPSA) is 73.0 Å². The molecule has 0 bridgehead atoms. The quantitative estimate of drug-likeness (QED) is 0.0229. The van der Waals surface area contributed by atoms with Crippen molar-refractivity contribution in [2.45, 2.75) is 165 Å². The zero-order valence-electron chi connectivity index (χ0n) is 51.7. The monoisotopic (exact) mass is 1070 g/mol. The lowest BCUT2D eigenvalue weighted by atomic mass is 10.1. The van der Waals surface area contributed by atoms with Crippen molar-refractivity contribution in [2.24, 2.45) is 14.1 Å². The fraction of sp³-hybridized carbons (Fsp3) is 0.631. The van der Waals surface area contributed by atoms with Gasteiger partial charge in [-0.25, -0.2) is 18.3 Å². The van der Waals surface area contributed by atoms with Crippen LogP contribution in [0.3, 0.4) is 0 Å². The van der Waals surface area contributed by atoms with Crippen LogP contribution >= 0.6 is 0 Å². The van der Waals surface area contributed by atoms with Gasteiger partial charge < -0.3 is 37.4 Å². The Morgan fingerprint density at radius 1 is 0.377 bits per heavy atom. The fourth-order valence-electron chi connectivity index (χ4n) is 8.59. The van der Waals surface area contributed by atoms with E-state index in [1.54, 1.807) is 0 Å². The van der Waals surface area contributed by atoms with Crippen molar-refractivity contribution in [3.05, 3.63) is 107 Å². The van der Waals surface area contributed by atoms with E-state index in [2.05, 4.69) is 168 Å². The Morgan fingerprint density at radius 2 is 0.675 bits per heavy atom. The van der Waals surface area contributed by atoms with E-state index in [4.69, 9.17) is 28.4 Å². The van der Waals surface area contributed by atoms with Crippen molar-refractivity contribution in [3.8, 4) is 34.5 Å². The summed E-state index contributed by atoms with van der Waals surface area (Å²) in [6.45, 7) is 25.4. The van der Waals surface area contributed by atoms with Crippen molar-refractivity contribution >= 4 is 0 Å². The average molecular weight is 1070 g/mol. The van der Waals surface area contributed by atoms with Crippen molar-refractivity contribution in [2.75, 3.05) is 95.0 Å². The van der Waals surface area contributed by atoms with Gasteiger partial charge in [0.05, 0.1) is 69.6 Å². The maximum atomic E-state index is 6.08. The van der Waals surface area contributed by atoms with Gasteiger partial charge in [0, 0.05) is 0 Å². The number of quaternary nitrogens is 2. The lowest BCUT2D eigenvalue weighted by Gasteiger charge is -2.24. The molecule has 0 aliphatic heterocycles. The van der Waals surface area contributed by atoms with Crippen molar-refractivity contribution in [1.82, 2.24) is 9.13 Å². The standard InChI is InChI=1S/C24H44NO2.C21H30N4O2.C20H36NO2/c1-7-9-10-11-12-13-14-15-17-26-23-20-22(8-2)24(19-21(23)3)27-18-16-25(4,5)6;1-5-19-15-20(26-12-10-24-8-6-22(3)16-24)18(2)14-21(19)27-13-11-25-9-7-23(4)17-25;1-7-9-10-11-13-22-19-16-18(8-2)20(15-17(19)3)23-14-12-21(4,5)6/h19-20H,7-18H2,1-6H3;6-9,14-17H,5,10-13H2,1-4H3;15-16H,7-14H2,1-6H3/q+1;+2;+1. The Kier molecular flexibility index (Phi) is 30.9. The molecule has 77 heavy (non-hydrogen) atoms. The third-order valence-corrected chi connectivity index (χ3v) is 13.6. The van der Waals surface area contributed by atoms with Gasteiger partial charge in [0.2, 0.25) is 12.7 Å². The van der Waals surface area contributed by atoms with Gasteiger partial charge in [-0.2, -0.15) is 0 Å². The van der Waals surface area contributed by atoms with E-state index in [0.29, 0.717) is 13.2 Å². The minimum absolute atomic E-state index is 0.642. The molecule has 0 spiro atoms. The first-order chi connectivity index (χ1) is 36.8. The highest BCUT2D eigenvalue weighted by molar-refractivity contribution is 5.48. The molecule has 2 aromatic heterocycles. The van der Waals surface area contributed by atoms with E-state index in [1.807, 2.05) is 35.6 Å². The summed E-state index contributed by atoms with van der Waals surface area (Å²) in [5.74, 6) is 5.95. The molecule has 432 valence electrons. The zero-order valence-corrected chi connectivity index (χ0v) is 51.7. The first-order valence-corrected chi connectivity index (χ1v) is 29.6. The maximum Gasteiger partial charge on any atom is 0.243 e. The first-order valence-electron chi connectivity index (χ1n) is 29.6. The number of hydrogen-bond donors (Lipinski definition) is 0. The van der Waals surface area contributed by atoms with Crippen LogP contribution in [0.2, 0.25) is 0 Å². The van der Waals surface area contributed by atoms with E-state index >= 15 is 0 Å². The Balaban J connectivity index is 0.000000305. The Hall–Kier alpha value is -5.20. The summed E-state index contributed by atoms with van der Waals surface area (Å²) >= 11 is 0. The molecular weight excluding hydrogens is 961 g/mol. The molecule has 0 saturated carbocycles. The molecular formula is C65H110N6O6+4. The minimum atomic E-state index is 0.642. The first kappa shape index (κ1) is 66.1. The van der Waals surface area contributed by atoms with Crippen LogP contribution in [0.5, 0.6) is 34.5 Å². The molecule has 3 aromatic carbocycles.